The highest BCUT2D eigenvalue weighted by Gasteiger charge is 2.29. The fourth-order valence-electron chi connectivity index (χ4n) is 5.21. The highest BCUT2D eigenvalue weighted by Crippen LogP contribution is 2.26. The Labute approximate surface area is 230 Å². The van der Waals surface area contributed by atoms with Crippen molar-refractivity contribution >= 4 is 33.2 Å². The summed E-state index contributed by atoms with van der Waals surface area (Å²) >= 11 is 0. The van der Waals surface area contributed by atoms with Crippen LogP contribution in [0.4, 0.5) is 11.4 Å². The quantitative estimate of drug-likeness (QED) is 0.496. The Bertz CT molecular complexity index is 1440. The van der Waals surface area contributed by atoms with Crippen molar-refractivity contribution in [1.82, 2.24) is 9.21 Å². The van der Waals surface area contributed by atoms with Gasteiger partial charge in [-0.05, 0) is 61.7 Å². The van der Waals surface area contributed by atoms with Gasteiger partial charge < -0.3 is 15.1 Å². The first-order valence-electron chi connectivity index (χ1n) is 13.4. The molecule has 2 fully saturated rings. The zero-order valence-corrected chi connectivity index (χ0v) is 23.0. The fraction of sp³-hybridized carbons (Fsp3) is 0.333. The summed E-state index contributed by atoms with van der Waals surface area (Å²) in [7, 11) is -3.69. The molecule has 0 saturated carbocycles. The van der Waals surface area contributed by atoms with E-state index in [0.29, 0.717) is 43.0 Å². The fourth-order valence-corrected chi connectivity index (χ4v) is 6.98. The molecule has 1 N–H and O–H groups in total. The van der Waals surface area contributed by atoms with Crippen molar-refractivity contribution in [2.45, 2.75) is 31.1 Å². The summed E-state index contributed by atoms with van der Waals surface area (Å²) in [6.45, 7) is 5.33. The number of carbonyl (C=O) groups is 2. The summed E-state index contributed by atoms with van der Waals surface area (Å²) in [5.41, 5.74) is 2.78. The van der Waals surface area contributed by atoms with Gasteiger partial charge in [0.2, 0.25) is 10.0 Å². The molecule has 204 valence electrons. The van der Waals surface area contributed by atoms with Crippen molar-refractivity contribution in [3.63, 3.8) is 0 Å². The molecule has 3 aromatic rings. The minimum atomic E-state index is -3.69. The molecule has 0 bridgehead atoms. The third kappa shape index (κ3) is 5.84. The number of carbonyl (C=O) groups excluding carboxylic acids is 2. The number of piperidine rings is 1. The Morgan fingerprint density at radius 3 is 2.15 bits per heavy atom. The van der Waals surface area contributed by atoms with Gasteiger partial charge in [0.25, 0.3) is 11.8 Å². The lowest BCUT2D eigenvalue weighted by atomic mass is 10.1. The van der Waals surface area contributed by atoms with Crippen LogP contribution in [0, 0.1) is 6.92 Å². The molecule has 2 amide bonds. The van der Waals surface area contributed by atoms with Crippen molar-refractivity contribution in [2.24, 2.45) is 0 Å². The van der Waals surface area contributed by atoms with E-state index in [1.807, 2.05) is 18.2 Å². The summed E-state index contributed by atoms with van der Waals surface area (Å²) in [6, 6.07) is 21.8. The van der Waals surface area contributed by atoms with Gasteiger partial charge in [-0.2, -0.15) is 4.31 Å². The second kappa shape index (κ2) is 11.6. The predicted molar refractivity (Wildman–Crippen MR) is 153 cm³/mol. The Morgan fingerprint density at radius 2 is 1.44 bits per heavy atom. The lowest BCUT2D eigenvalue weighted by Gasteiger charge is -2.36. The standard InChI is InChI=1S/C30H34N4O4S/c1-23-14-15-24(22-28(23)39(37,38)34-16-8-3-9-17-34)29(35)31-27-13-7-6-12-26(27)30(36)33-20-18-32(19-21-33)25-10-4-2-5-11-25/h2,4-7,10-15,22H,3,8-9,16-21H2,1H3,(H,31,35). The second-order valence-electron chi connectivity index (χ2n) is 10.1. The Kier molecular flexibility index (Phi) is 7.99. The lowest BCUT2D eigenvalue weighted by molar-refractivity contribution is 0.0748. The number of piperazine rings is 1. The Balaban J connectivity index is 1.31. The number of hydrogen-bond acceptors (Lipinski definition) is 5. The van der Waals surface area contributed by atoms with E-state index < -0.39 is 15.9 Å². The van der Waals surface area contributed by atoms with Gasteiger partial charge in [0, 0.05) is 50.5 Å². The molecule has 5 rings (SSSR count). The zero-order chi connectivity index (χ0) is 27.4. The first-order valence-corrected chi connectivity index (χ1v) is 14.9. The highest BCUT2D eigenvalue weighted by atomic mass is 32.2. The number of nitrogens with zero attached hydrogens (tertiary/aromatic N) is 3. The molecule has 0 radical (unpaired) electrons. The minimum Gasteiger partial charge on any atom is -0.368 e. The largest absolute Gasteiger partial charge is 0.368 e. The molecule has 2 aliphatic heterocycles. The SMILES string of the molecule is Cc1ccc(C(=O)Nc2ccccc2C(=O)N2CCN(c3ccccc3)CC2)cc1S(=O)(=O)N1CCCCC1. The van der Waals surface area contributed by atoms with Crippen LogP contribution < -0.4 is 10.2 Å². The first-order chi connectivity index (χ1) is 18.8. The third-order valence-corrected chi connectivity index (χ3v) is 9.52. The van der Waals surface area contributed by atoms with E-state index in [4.69, 9.17) is 0 Å². The number of sulfonamides is 1. The van der Waals surface area contributed by atoms with Crippen molar-refractivity contribution in [2.75, 3.05) is 49.5 Å². The van der Waals surface area contributed by atoms with E-state index >= 15 is 0 Å². The van der Waals surface area contributed by atoms with E-state index in [1.165, 1.54) is 10.4 Å². The molecule has 9 heteroatoms. The topological polar surface area (TPSA) is 90.0 Å². The molecule has 2 aliphatic rings. The van der Waals surface area contributed by atoms with Crippen molar-refractivity contribution in [3.8, 4) is 0 Å². The number of hydrogen-bond donors (Lipinski definition) is 1. The van der Waals surface area contributed by atoms with Crippen LogP contribution in [0.15, 0.2) is 77.7 Å². The lowest BCUT2D eigenvalue weighted by Crippen LogP contribution is -2.48. The molecular formula is C30H34N4O4S. The minimum absolute atomic E-state index is 0.143. The van der Waals surface area contributed by atoms with Crippen molar-refractivity contribution < 1.29 is 18.0 Å². The van der Waals surface area contributed by atoms with E-state index in [2.05, 4.69) is 22.3 Å². The van der Waals surface area contributed by atoms with Crippen molar-refractivity contribution in [1.29, 1.82) is 0 Å². The molecule has 39 heavy (non-hydrogen) atoms. The van der Waals surface area contributed by atoms with Gasteiger partial charge in [-0.3, -0.25) is 9.59 Å². The molecule has 0 unspecified atom stereocenters. The first kappa shape index (κ1) is 26.9. The molecule has 0 spiro atoms. The molecule has 0 aromatic heterocycles. The zero-order valence-electron chi connectivity index (χ0n) is 22.2. The predicted octanol–water partition coefficient (Wildman–Crippen LogP) is 4.38. The van der Waals surface area contributed by atoms with Crippen LogP contribution >= 0.6 is 0 Å². The molecule has 0 aliphatic carbocycles. The van der Waals surface area contributed by atoms with Crippen LogP contribution in [0.2, 0.25) is 0 Å². The smallest absolute Gasteiger partial charge is 0.256 e. The molecule has 3 aromatic carbocycles. The molecule has 2 heterocycles. The van der Waals surface area contributed by atoms with Gasteiger partial charge in [-0.1, -0.05) is 42.8 Å². The van der Waals surface area contributed by atoms with Crippen LogP contribution in [0.5, 0.6) is 0 Å². The Hall–Kier alpha value is -3.69. The number of rotatable bonds is 6. The molecule has 2 saturated heterocycles. The number of benzene rings is 3. The summed E-state index contributed by atoms with van der Waals surface area (Å²) in [5, 5.41) is 2.85. The summed E-state index contributed by atoms with van der Waals surface area (Å²) < 4.78 is 28.1. The van der Waals surface area contributed by atoms with Gasteiger partial charge in [-0.25, -0.2) is 8.42 Å². The van der Waals surface area contributed by atoms with E-state index in [-0.39, 0.29) is 16.4 Å². The van der Waals surface area contributed by atoms with E-state index in [9.17, 15) is 18.0 Å². The normalized spacial score (nSPS) is 16.6. The average molecular weight is 547 g/mol. The van der Waals surface area contributed by atoms with Crippen molar-refractivity contribution in [3.05, 3.63) is 89.5 Å². The maximum Gasteiger partial charge on any atom is 0.256 e. The van der Waals surface area contributed by atoms with Gasteiger partial charge >= 0.3 is 0 Å². The van der Waals surface area contributed by atoms with Gasteiger partial charge in [-0.15, -0.1) is 0 Å². The van der Waals surface area contributed by atoms with Crippen LogP contribution in [0.25, 0.3) is 0 Å². The number of aryl methyl sites for hydroxylation is 1. The van der Waals surface area contributed by atoms with Gasteiger partial charge in [0.15, 0.2) is 0 Å². The summed E-state index contributed by atoms with van der Waals surface area (Å²) in [6.07, 6.45) is 2.70. The van der Waals surface area contributed by atoms with Crippen LogP contribution in [-0.2, 0) is 10.0 Å². The number of amides is 2. The van der Waals surface area contributed by atoms with Crippen LogP contribution in [0.1, 0.15) is 45.5 Å². The summed E-state index contributed by atoms with van der Waals surface area (Å²) in [5.74, 6) is -0.602. The average Bonchev–Trinajstić information content (AvgIpc) is 2.98. The maximum atomic E-state index is 13.5. The second-order valence-corrected chi connectivity index (χ2v) is 12.0. The van der Waals surface area contributed by atoms with Crippen LogP contribution in [-0.4, -0.2) is 68.7 Å². The van der Waals surface area contributed by atoms with Gasteiger partial charge in [0.1, 0.15) is 0 Å². The Morgan fingerprint density at radius 1 is 0.769 bits per heavy atom. The number of anilines is 2. The molecular weight excluding hydrogens is 512 g/mol. The monoisotopic (exact) mass is 546 g/mol. The molecule has 8 nitrogen and oxygen atoms in total. The van der Waals surface area contributed by atoms with Crippen LogP contribution in [0.3, 0.4) is 0 Å². The highest BCUT2D eigenvalue weighted by molar-refractivity contribution is 7.89. The number of para-hydroxylation sites is 2. The molecule has 0 atom stereocenters. The maximum absolute atomic E-state index is 13.5. The third-order valence-electron chi connectivity index (χ3n) is 7.48. The van der Waals surface area contributed by atoms with E-state index in [0.717, 1.165) is 38.0 Å². The van der Waals surface area contributed by atoms with E-state index in [1.54, 1.807) is 48.2 Å². The summed E-state index contributed by atoms with van der Waals surface area (Å²) in [4.78, 5) is 30.9. The van der Waals surface area contributed by atoms with Gasteiger partial charge in [0.05, 0.1) is 16.1 Å². The number of nitrogens with one attached hydrogen (secondary N) is 1.